The third kappa shape index (κ3) is 3.12. The fourth-order valence-electron chi connectivity index (χ4n) is 1.65. The van der Waals surface area contributed by atoms with Gasteiger partial charge in [0.05, 0.1) is 0 Å². The standard InChI is InChI=1S/C14H13FO3S/c1-8-3-4-11(15)6-12(8)18-7-10-5-13(14(16)17)19-9(10)2/h3-6H,7H2,1-2H3,(H,16,17). The molecular formula is C14H13FO3S. The molecule has 0 amide bonds. The number of thiophene rings is 1. The number of hydrogen-bond acceptors (Lipinski definition) is 3. The van der Waals surface area contributed by atoms with Crippen molar-refractivity contribution >= 4 is 17.3 Å². The van der Waals surface area contributed by atoms with Crippen LogP contribution in [0.4, 0.5) is 4.39 Å². The molecular weight excluding hydrogens is 267 g/mol. The predicted octanol–water partition coefficient (Wildman–Crippen LogP) is 3.78. The molecule has 0 unspecified atom stereocenters. The highest BCUT2D eigenvalue weighted by Gasteiger charge is 2.12. The van der Waals surface area contributed by atoms with Gasteiger partial charge in [-0.3, -0.25) is 0 Å². The molecule has 0 saturated carbocycles. The lowest BCUT2D eigenvalue weighted by Crippen LogP contribution is -1.98. The van der Waals surface area contributed by atoms with Crippen molar-refractivity contribution in [2.75, 3.05) is 0 Å². The summed E-state index contributed by atoms with van der Waals surface area (Å²) in [6.45, 7) is 3.91. The minimum atomic E-state index is -0.943. The van der Waals surface area contributed by atoms with Gasteiger partial charge in [-0.25, -0.2) is 9.18 Å². The van der Waals surface area contributed by atoms with E-state index in [1.54, 1.807) is 12.1 Å². The zero-order valence-electron chi connectivity index (χ0n) is 10.6. The van der Waals surface area contributed by atoms with Gasteiger partial charge in [0.2, 0.25) is 0 Å². The molecule has 3 nitrogen and oxygen atoms in total. The Hall–Kier alpha value is -1.88. The number of benzene rings is 1. The number of rotatable bonds is 4. The number of hydrogen-bond donors (Lipinski definition) is 1. The van der Waals surface area contributed by atoms with E-state index in [-0.39, 0.29) is 17.3 Å². The summed E-state index contributed by atoms with van der Waals surface area (Å²) in [5.74, 6) is -0.822. The second-order valence-corrected chi connectivity index (χ2v) is 5.45. The molecule has 0 atom stereocenters. The molecule has 2 aromatic rings. The van der Waals surface area contributed by atoms with E-state index in [0.717, 1.165) is 16.0 Å². The quantitative estimate of drug-likeness (QED) is 0.927. The highest BCUT2D eigenvalue weighted by atomic mass is 32.1. The molecule has 0 radical (unpaired) electrons. The van der Waals surface area contributed by atoms with Crippen LogP contribution in [0.2, 0.25) is 0 Å². The topological polar surface area (TPSA) is 46.5 Å². The van der Waals surface area contributed by atoms with Crippen LogP contribution in [-0.4, -0.2) is 11.1 Å². The van der Waals surface area contributed by atoms with Crippen LogP contribution in [-0.2, 0) is 6.61 Å². The summed E-state index contributed by atoms with van der Waals surface area (Å²) in [7, 11) is 0. The monoisotopic (exact) mass is 280 g/mol. The van der Waals surface area contributed by atoms with E-state index in [0.29, 0.717) is 5.75 Å². The molecule has 5 heteroatoms. The lowest BCUT2D eigenvalue weighted by Gasteiger charge is -2.08. The third-order valence-electron chi connectivity index (χ3n) is 2.76. The average Bonchev–Trinajstić information content (AvgIpc) is 2.72. The van der Waals surface area contributed by atoms with E-state index >= 15 is 0 Å². The fraction of sp³-hybridized carbons (Fsp3) is 0.214. The first-order valence-electron chi connectivity index (χ1n) is 5.69. The second-order valence-electron chi connectivity index (χ2n) is 4.20. The van der Waals surface area contributed by atoms with Crippen molar-refractivity contribution in [3.05, 3.63) is 51.0 Å². The number of ether oxygens (including phenoxy) is 1. The Bertz CT molecular complexity index is 619. The summed E-state index contributed by atoms with van der Waals surface area (Å²) in [6.07, 6.45) is 0. The van der Waals surface area contributed by atoms with Gasteiger partial charge in [-0.1, -0.05) is 6.07 Å². The van der Waals surface area contributed by atoms with Crippen molar-refractivity contribution < 1.29 is 19.0 Å². The van der Waals surface area contributed by atoms with Crippen molar-refractivity contribution in [1.82, 2.24) is 0 Å². The third-order valence-corrected chi connectivity index (χ3v) is 3.85. The van der Waals surface area contributed by atoms with Gasteiger partial charge in [-0.05, 0) is 31.5 Å². The molecule has 0 saturated heterocycles. The summed E-state index contributed by atoms with van der Waals surface area (Å²) in [4.78, 5) is 12.0. The molecule has 0 fully saturated rings. The zero-order chi connectivity index (χ0) is 14.0. The van der Waals surface area contributed by atoms with Crippen LogP contribution in [0.25, 0.3) is 0 Å². The van der Waals surface area contributed by atoms with E-state index in [9.17, 15) is 9.18 Å². The van der Waals surface area contributed by atoms with Crippen molar-refractivity contribution in [2.45, 2.75) is 20.5 Å². The normalized spacial score (nSPS) is 10.5. The Morgan fingerprint density at radius 3 is 2.74 bits per heavy atom. The van der Waals surface area contributed by atoms with E-state index in [2.05, 4.69) is 0 Å². The van der Waals surface area contributed by atoms with Crippen LogP contribution < -0.4 is 4.74 Å². The summed E-state index contributed by atoms with van der Waals surface area (Å²) in [6, 6.07) is 5.94. The van der Waals surface area contributed by atoms with Gasteiger partial charge in [0.1, 0.15) is 23.1 Å². The molecule has 1 aromatic heterocycles. The zero-order valence-corrected chi connectivity index (χ0v) is 11.4. The maximum Gasteiger partial charge on any atom is 0.345 e. The first-order chi connectivity index (χ1) is 8.97. The number of carboxylic acids is 1. The lowest BCUT2D eigenvalue weighted by molar-refractivity contribution is 0.0702. The Morgan fingerprint density at radius 2 is 2.11 bits per heavy atom. The maximum atomic E-state index is 13.1. The Kier molecular flexibility index (Phi) is 3.85. The first kappa shape index (κ1) is 13.5. The van der Waals surface area contributed by atoms with Crippen LogP contribution >= 0.6 is 11.3 Å². The maximum absolute atomic E-state index is 13.1. The van der Waals surface area contributed by atoms with E-state index < -0.39 is 5.97 Å². The number of carboxylic acid groups (broad SMARTS) is 1. The van der Waals surface area contributed by atoms with E-state index in [1.807, 2.05) is 13.8 Å². The van der Waals surface area contributed by atoms with Gasteiger partial charge in [0.15, 0.2) is 0 Å². The van der Waals surface area contributed by atoms with Gasteiger partial charge < -0.3 is 9.84 Å². The molecule has 0 spiro atoms. The van der Waals surface area contributed by atoms with Gasteiger partial charge >= 0.3 is 5.97 Å². The number of aromatic carboxylic acids is 1. The minimum Gasteiger partial charge on any atom is -0.488 e. The molecule has 0 aliphatic rings. The van der Waals surface area contributed by atoms with Crippen molar-refractivity contribution in [1.29, 1.82) is 0 Å². The molecule has 19 heavy (non-hydrogen) atoms. The number of carbonyl (C=O) groups is 1. The molecule has 1 heterocycles. The molecule has 0 bridgehead atoms. The minimum absolute atomic E-state index is 0.236. The molecule has 1 aromatic carbocycles. The Balaban J connectivity index is 2.14. The largest absolute Gasteiger partial charge is 0.488 e. The van der Waals surface area contributed by atoms with Crippen LogP contribution in [0.3, 0.4) is 0 Å². The van der Waals surface area contributed by atoms with Gasteiger partial charge in [-0.2, -0.15) is 0 Å². The molecule has 0 aliphatic carbocycles. The SMILES string of the molecule is Cc1ccc(F)cc1OCc1cc(C(=O)O)sc1C. The first-order valence-corrected chi connectivity index (χ1v) is 6.50. The van der Waals surface area contributed by atoms with E-state index in [1.165, 1.54) is 23.5 Å². The highest BCUT2D eigenvalue weighted by Crippen LogP contribution is 2.25. The molecule has 0 aliphatic heterocycles. The van der Waals surface area contributed by atoms with Gasteiger partial charge in [0, 0.05) is 16.5 Å². The van der Waals surface area contributed by atoms with Crippen LogP contribution in [0.1, 0.15) is 25.7 Å². The molecule has 100 valence electrons. The van der Waals surface area contributed by atoms with Crippen LogP contribution in [0.5, 0.6) is 5.75 Å². The molecule has 2 rings (SSSR count). The smallest absolute Gasteiger partial charge is 0.345 e. The van der Waals surface area contributed by atoms with Gasteiger partial charge in [0.25, 0.3) is 0 Å². The van der Waals surface area contributed by atoms with Crippen LogP contribution in [0, 0.1) is 19.7 Å². The number of halogens is 1. The number of aryl methyl sites for hydroxylation is 2. The summed E-state index contributed by atoms with van der Waals surface area (Å²) >= 11 is 1.21. The van der Waals surface area contributed by atoms with E-state index in [4.69, 9.17) is 9.84 Å². The molecule has 1 N–H and O–H groups in total. The fourth-order valence-corrected chi connectivity index (χ4v) is 2.52. The van der Waals surface area contributed by atoms with Crippen molar-refractivity contribution in [2.24, 2.45) is 0 Å². The predicted molar refractivity (Wildman–Crippen MR) is 71.5 cm³/mol. The van der Waals surface area contributed by atoms with Crippen molar-refractivity contribution in [3.8, 4) is 5.75 Å². The summed E-state index contributed by atoms with van der Waals surface area (Å²) in [5.41, 5.74) is 1.65. The summed E-state index contributed by atoms with van der Waals surface area (Å²) < 4.78 is 18.7. The van der Waals surface area contributed by atoms with Gasteiger partial charge in [-0.15, -0.1) is 11.3 Å². The lowest BCUT2D eigenvalue weighted by atomic mass is 10.2. The van der Waals surface area contributed by atoms with Crippen molar-refractivity contribution in [3.63, 3.8) is 0 Å². The second kappa shape index (κ2) is 5.40. The summed E-state index contributed by atoms with van der Waals surface area (Å²) in [5, 5.41) is 8.91. The highest BCUT2D eigenvalue weighted by molar-refractivity contribution is 7.14. The van der Waals surface area contributed by atoms with Crippen LogP contribution in [0.15, 0.2) is 24.3 Å². The Morgan fingerprint density at radius 1 is 1.37 bits per heavy atom. The Labute approximate surface area is 114 Å². The average molecular weight is 280 g/mol.